The van der Waals surface area contributed by atoms with E-state index in [0.29, 0.717) is 29.2 Å². The summed E-state index contributed by atoms with van der Waals surface area (Å²) in [5.41, 5.74) is 6.81. The molecule has 124 valence electrons. The lowest BCUT2D eigenvalue weighted by atomic mass is 10.1. The maximum absolute atomic E-state index is 6.12. The molecule has 0 bridgehead atoms. The first-order chi connectivity index (χ1) is 11.8. The van der Waals surface area contributed by atoms with Crippen LogP contribution in [0.2, 0.25) is 0 Å². The van der Waals surface area contributed by atoms with Gasteiger partial charge in [0.05, 0.1) is 6.26 Å². The zero-order chi connectivity index (χ0) is 16.1. The Morgan fingerprint density at radius 3 is 3.04 bits per heavy atom. The summed E-state index contributed by atoms with van der Waals surface area (Å²) in [6, 6.07) is 6.24. The van der Waals surface area contributed by atoms with Crippen molar-refractivity contribution in [1.82, 2.24) is 24.5 Å². The number of furan rings is 1. The molecule has 0 aliphatic carbocycles. The summed E-state index contributed by atoms with van der Waals surface area (Å²) in [6.45, 7) is 4.28. The van der Waals surface area contributed by atoms with Gasteiger partial charge in [0.25, 0.3) is 0 Å². The smallest absolute Gasteiger partial charge is 0.225 e. The topological polar surface area (TPSA) is 88.7 Å². The summed E-state index contributed by atoms with van der Waals surface area (Å²) >= 11 is 0. The number of rotatable bonds is 2. The minimum atomic E-state index is 0.349. The second kappa shape index (κ2) is 5.20. The van der Waals surface area contributed by atoms with E-state index in [2.05, 4.69) is 24.9 Å². The van der Waals surface area contributed by atoms with Crippen molar-refractivity contribution in [2.45, 2.75) is 18.9 Å². The maximum Gasteiger partial charge on any atom is 0.225 e. The van der Waals surface area contributed by atoms with Gasteiger partial charge in [0.1, 0.15) is 5.82 Å². The molecule has 3 aromatic rings. The molecule has 2 aliphatic heterocycles. The monoisotopic (exact) mass is 325 g/mol. The van der Waals surface area contributed by atoms with E-state index in [4.69, 9.17) is 10.2 Å². The van der Waals surface area contributed by atoms with E-state index in [1.165, 1.54) is 19.4 Å². The van der Waals surface area contributed by atoms with E-state index in [-0.39, 0.29) is 0 Å². The van der Waals surface area contributed by atoms with E-state index in [1.54, 1.807) is 10.8 Å². The van der Waals surface area contributed by atoms with Crippen LogP contribution in [0.5, 0.6) is 0 Å². The largest absolute Gasteiger partial charge is 0.461 e. The molecule has 3 aromatic heterocycles. The minimum Gasteiger partial charge on any atom is -0.461 e. The molecule has 5 heterocycles. The van der Waals surface area contributed by atoms with Crippen molar-refractivity contribution < 1.29 is 4.42 Å². The number of nitrogens with zero attached hydrogens (tertiary/aromatic N) is 6. The third-order valence-electron chi connectivity index (χ3n) is 4.99. The fourth-order valence-corrected chi connectivity index (χ4v) is 3.77. The Kier molecular flexibility index (Phi) is 2.99. The average molecular weight is 325 g/mol. The number of hydrogen-bond donors (Lipinski definition) is 1. The zero-order valence-electron chi connectivity index (χ0n) is 13.3. The lowest BCUT2D eigenvalue weighted by Gasteiger charge is -2.38. The van der Waals surface area contributed by atoms with Crippen molar-refractivity contribution in [3.05, 3.63) is 24.5 Å². The number of aromatic nitrogens is 4. The standard InChI is InChI=1S/C16H19N7O/c17-16-19-13(22-7-6-21-5-1-3-11(21)10-22)9-14-18-15(20-23(14)16)12-4-2-8-24-12/h2,4,8-9,11H,1,3,5-7,10H2,(H2,17,19)/t11-/m0/s1. The number of nitrogens with two attached hydrogens (primary N) is 1. The van der Waals surface area contributed by atoms with Gasteiger partial charge < -0.3 is 15.1 Å². The molecule has 1 atom stereocenters. The van der Waals surface area contributed by atoms with Gasteiger partial charge in [-0.05, 0) is 31.5 Å². The third kappa shape index (κ3) is 2.14. The van der Waals surface area contributed by atoms with Crippen LogP contribution in [0.1, 0.15) is 12.8 Å². The van der Waals surface area contributed by atoms with E-state index in [9.17, 15) is 0 Å². The highest BCUT2D eigenvalue weighted by atomic mass is 16.3. The van der Waals surface area contributed by atoms with Crippen molar-refractivity contribution in [3.8, 4) is 11.6 Å². The van der Waals surface area contributed by atoms with Gasteiger partial charge in [-0.1, -0.05) is 0 Å². The number of anilines is 2. The quantitative estimate of drug-likeness (QED) is 0.758. The van der Waals surface area contributed by atoms with Crippen LogP contribution in [0.25, 0.3) is 17.2 Å². The van der Waals surface area contributed by atoms with Crippen molar-refractivity contribution in [3.63, 3.8) is 0 Å². The van der Waals surface area contributed by atoms with Crippen LogP contribution in [0.15, 0.2) is 28.9 Å². The molecule has 2 fully saturated rings. The average Bonchev–Trinajstić information content (AvgIpc) is 3.32. The molecular formula is C16H19N7O. The zero-order valence-corrected chi connectivity index (χ0v) is 13.3. The molecule has 2 aliphatic rings. The summed E-state index contributed by atoms with van der Waals surface area (Å²) < 4.78 is 6.93. The van der Waals surface area contributed by atoms with Crippen LogP contribution in [-0.4, -0.2) is 56.7 Å². The fourth-order valence-electron chi connectivity index (χ4n) is 3.77. The number of piperazine rings is 1. The van der Waals surface area contributed by atoms with Gasteiger partial charge in [0.2, 0.25) is 11.8 Å². The molecular weight excluding hydrogens is 306 g/mol. The van der Waals surface area contributed by atoms with E-state index < -0.39 is 0 Å². The van der Waals surface area contributed by atoms with Crippen molar-refractivity contribution >= 4 is 17.4 Å². The molecule has 2 N–H and O–H groups in total. The molecule has 0 radical (unpaired) electrons. The van der Waals surface area contributed by atoms with Gasteiger partial charge in [-0.15, -0.1) is 5.10 Å². The number of nitrogen functional groups attached to an aromatic ring is 1. The molecule has 0 unspecified atom stereocenters. The van der Waals surface area contributed by atoms with Gasteiger partial charge in [-0.25, -0.2) is 4.98 Å². The van der Waals surface area contributed by atoms with Gasteiger partial charge in [0.15, 0.2) is 11.4 Å². The van der Waals surface area contributed by atoms with Gasteiger partial charge in [-0.2, -0.15) is 9.50 Å². The summed E-state index contributed by atoms with van der Waals surface area (Å²) in [6.07, 6.45) is 4.17. The Hall–Kier alpha value is -2.61. The molecule has 0 spiro atoms. The Balaban J connectivity index is 1.50. The first kappa shape index (κ1) is 13.8. The highest BCUT2D eigenvalue weighted by Gasteiger charge is 2.31. The predicted octanol–water partition coefficient (Wildman–Crippen LogP) is 1.25. The maximum atomic E-state index is 6.12. The van der Waals surface area contributed by atoms with E-state index in [0.717, 1.165) is 25.5 Å². The number of hydrogen-bond acceptors (Lipinski definition) is 7. The van der Waals surface area contributed by atoms with Crippen LogP contribution in [-0.2, 0) is 0 Å². The van der Waals surface area contributed by atoms with E-state index >= 15 is 0 Å². The number of fused-ring (bicyclic) bond motifs is 2. The lowest BCUT2D eigenvalue weighted by molar-refractivity contribution is 0.230. The van der Waals surface area contributed by atoms with Crippen LogP contribution < -0.4 is 10.6 Å². The molecule has 0 aromatic carbocycles. The highest BCUT2D eigenvalue weighted by Crippen LogP contribution is 2.26. The molecule has 8 heteroatoms. The van der Waals surface area contributed by atoms with E-state index in [1.807, 2.05) is 18.2 Å². The van der Waals surface area contributed by atoms with Crippen molar-refractivity contribution in [2.75, 3.05) is 36.8 Å². The lowest BCUT2D eigenvalue weighted by Crippen LogP contribution is -2.50. The Bertz CT molecular complexity index is 872. The Morgan fingerprint density at radius 2 is 2.17 bits per heavy atom. The summed E-state index contributed by atoms with van der Waals surface area (Å²) in [7, 11) is 0. The Labute approximate surface area is 138 Å². The van der Waals surface area contributed by atoms with Crippen molar-refractivity contribution in [1.29, 1.82) is 0 Å². The van der Waals surface area contributed by atoms with Crippen LogP contribution in [0.4, 0.5) is 11.8 Å². The normalized spacial score (nSPS) is 21.5. The molecule has 8 nitrogen and oxygen atoms in total. The fraction of sp³-hybridized carbons (Fsp3) is 0.438. The van der Waals surface area contributed by atoms with Crippen LogP contribution in [0, 0.1) is 0 Å². The van der Waals surface area contributed by atoms with Crippen LogP contribution >= 0.6 is 0 Å². The molecule has 0 saturated carbocycles. The first-order valence-corrected chi connectivity index (χ1v) is 8.34. The van der Waals surface area contributed by atoms with Crippen LogP contribution in [0.3, 0.4) is 0 Å². The first-order valence-electron chi connectivity index (χ1n) is 8.34. The second-order valence-electron chi connectivity index (χ2n) is 6.43. The van der Waals surface area contributed by atoms with Gasteiger partial charge >= 0.3 is 0 Å². The van der Waals surface area contributed by atoms with Gasteiger partial charge in [0, 0.05) is 31.7 Å². The summed E-state index contributed by atoms with van der Waals surface area (Å²) in [4.78, 5) is 14.0. The second-order valence-corrected chi connectivity index (χ2v) is 6.43. The molecule has 5 rings (SSSR count). The molecule has 2 saturated heterocycles. The predicted molar refractivity (Wildman–Crippen MR) is 89.7 cm³/mol. The summed E-state index contributed by atoms with van der Waals surface area (Å²) in [5.74, 6) is 2.37. The van der Waals surface area contributed by atoms with Gasteiger partial charge in [-0.3, -0.25) is 4.90 Å². The third-order valence-corrected chi connectivity index (χ3v) is 4.99. The minimum absolute atomic E-state index is 0.349. The Morgan fingerprint density at radius 1 is 1.21 bits per heavy atom. The molecule has 24 heavy (non-hydrogen) atoms. The molecule has 0 amide bonds. The summed E-state index contributed by atoms with van der Waals surface area (Å²) in [5, 5.41) is 4.39. The van der Waals surface area contributed by atoms with Crippen molar-refractivity contribution in [2.24, 2.45) is 0 Å². The highest BCUT2D eigenvalue weighted by molar-refractivity contribution is 5.59. The SMILES string of the molecule is Nc1nc(N2CCN3CCC[C@H]3C2)cc2nc(-c3ccco3)nn12.